The molecule has 1 aromatic heterocycles. The summed E-state index contributed by atoms with van der Waals surface area (Å²) in [7, 11) is 0. The largest absolute Gasteiger partial charge is 0.486 e. The lowest BCUT2D eigenvalue weighted by Gasteiger charge is -2.13. The van der Waals surface area contributed by atoms with Gasteiger partial charge in [0.2, 0.25) is 0 Å². The standard InChI is InChI=1S/C25H22F2N2O/c26-19-11-21(25(22(27)12-19)30-15-16-5-2-1-3-6-16)20-13-23(20)29-14-18-8-4-7-17-9-10-28-24(17)18/h1-12,20,23,28-29H,13-15H2. The van der Waals surface area contributed by atoms with Gasteiger partial charge in [-0.1, -0.05) is 48.5 Å². The third kappa shape index (κ3) is 3.81. The van der Waals surface area contributed by atoms with E-state index in [0.29, 0.717) is 12.1 Å². The highest BCUT2D eigenvalue weighted by atomic mass is 19.1. The molecule has 152 valence electrons. The lowest BCUT2D eigenvalue weighted by Crippen LogP contribution is -2.17. The van der Waals surface area contributed by atoms with Crippen LogP contribution in [0, 0.1) is 11.6 Å². The molecule has 1 aliphatic rings. The number of aromatic nitrogens is 1. The van der Waals surface area contributed by atoms with Crippen LogP contribution >= 0.6 is 0 Å². The van der Waals surface area contributed by atoms with E-state index < -0.39 is 11.6 Å². The number of halogens is 2. The molecule has 2 unspecified atom stereocenters. The second kappa shape index (κ2) is 7.92. The quantitative estimate of drug-likeness (QED) is 0.416. The Labute approximate surface area is 173 Å². The number of hydrogen-bond donors (Lipinski definition) is 2. The summed E-state index contributed by atoms with van der Waals surface area (Å²) in [5, 5.41) is 4.69. The summed E-state index contributed by atoms with van der Waals surface area (Å²) in [6, 6.07) is 20.3. The van der Waals surface area contributed by atoms with E-state index in [0.717, 1.165) is 23.6 Å². The Morgan fingerprint density at radius 2 is 1.87 bits per heavy atom. The van der Waals surface area contributed by atoms with E-state index in [4.69, 9.17) is 4.74 Å². The number of rotatable bonds is 7. The predicted octanol–water partition coefficient (Wildman–Crippen LogP) is 5.67. The third-order valence-corrected chi connectivity index (χ3v) is 5.68. The minimum Gasteiger partial charge on any atom is -0.486 e. The van der Waals surface area contributed by atoms with Gasteiger partial charge in [0.05, 0.1) is 0 Å². The maximum atomic E-state index is 14.5. The molecule has 1 heterocycles. The number of nitrogens with one attached hydrogen (secondary N) is 2. The first-order valence-electron chi connectivity index (χ1n) is 10.1. The summed E-state index contributed by atoms with van der Waals surface area (Å²) in [5.41, 5.74) is 3.83. The molecule has 1 aliphatic carbocycles. The van der Waals surface area contributed by atoms with Gasteiger partial charge in [-0.25, -0.2) is 8.78 Å². The van der Waals surface area contributed by atoms with E-state index in [-0.39, 0.29) is 24.3 Å². The van der Waals surface area contributed by atoms with Gasteiger partial charge in [-0.3, -0.25) is 0 Å². The van der Waals surface area contributed by atoms with Crippen LogP contribution in [0.2, 0.25) is 0 Å². The van der Waals surface area contributed by atoms with Gasteiger partial charge in [0.25, 0.3) is 0 Å². The number of H-pyrrole nitrogens is 1. The fourth-order valence-electron chi connectivity index (χ4n) is 4.04. The zero-order chi connectivity index (χ0) is 20.5. The summed E-state index contributed by atoms with van der Waals surface area (Å²) < 4.78 is 34.3. The summed E-state index contributed by atoms with van der Waals surface area (Å²) in [5.74, 6) is -1.04. The minimum atomic E-state index is -0.650. The van der Waals surface area contributed by atoms with Crippen LogP contribution in [0.4, 0.5) is 8.78 Å². The molecule has 0 radical (unpaired) electrons. The van der Waals surface area contributed by atoms with Crippen molar-refractivity contribution >= 4 is 10.9 Å². The van der Waals surface area contributed by atoms with Gasteiger partial charge >= 0.3 is 0 Å². The molecule has 3 nitrogen and oxygen atoms in total. The van der Waals surface area contributed by atoms with Crippen molar-refractivity contribution in [3.8, 4) is 5.75 Å². The number of para-hydroxylation sites is 1. The van der Waals surface area contributed by atoms with Crippen LogP contribution in [0.5, 0.6) is 5.75 Å². The highest BCUT2D eigenvalue weighted by Gasteiger charge is 2.41. The zero-order valence-electron chi connectivity index (χ0n) is 16.4. The number of benzene rings is 3. The lowest BCUT2D eigenvalue weighted by molar-refractivity contribution is 0.285. The summed E-state index contributed by atoms with van der Waals surface area (Å²) >= 11 is 0. The van der Waals surface area contributed by atoms with E-state index in [9.17, 15) is 8.78 Å². The Bertz CT molecular complexity index is 1170. The molecule has 1 saturated carbocycles. The van der Waals surface area contributed by atoms with Crippen molar-refractivity contribution in [2.24, 2.45) is 0 Å². The van der Waals surface area contributed by atoms with Crippen LogP contribution in [-0.2, 0) is 13.2 Å². The van der Waals surface area contributed by atoms with Crippen molar-refractivity contribution in [2.75, 3.05) is 0 Å². The normalized spacial score (nSPS) is 17.9. The van der Waals surface area contributed by atoms with Crippen LogP contribution < -0.4 is 10.1 Å². The van der Waals surface area contributed by atoms with Gasteiger partial charge in [0.1, 0.15) is 12.4 Å². The average Bonchev–Trinajstić information content (AvgIpc) is 3.36. The number of hydrogen-bond acceptors (Lipinski definition) is 2. The molecule has 4 aromatic rings. The molecule has 5 rings (SSSR count). The van der Waals surface area contributed by atoms with Crippen molar-refractivity contribution in [1.82, 2.24) is 10.3 Å². The molecule has 2 atom stereocenters. The number of aromatic amines is 1. The van der Waals surface area contributed by atoms with Crippen LogP contribution in [-0.4, -0.2) is 11.0 Å². The van der Waals surface area contributed by atoms with Gasteiger partial charge in [-0.05, 0) is 35.1 Å². The predicted molar refractivity (Wildman–Crippen MR) is 113 cm³/mol. The molecule has 0 amide bonds. The van der Waals surface area contributed by atoms with Crippen LogP contribution in [0.15, 0.2) is 72.9 Å². The first kappa shape index (κ1) is 18.8. The highest BCUT2D eigenvalue weighted by Crippen LogP contribution is 2.46. The second-order valence-corrected chi connectivity index (χ2v) is 7.77. The summed E-state index contributed by atoms with van der Waals surface area (Å²) in [6.45, 7) is 0.938. The smallest absolute Gasteiger partial charge is 0.168 e. The molecule has 30 heavy (non-hydrogen) atoms. The number of fused-ring (bicyclic) bond motifs is 1. The van der Waals surface area contributed by atoms with Crippen molar-refractivity contribution in [3.63, 3.8) is 0 Å². The van der Waals surface area contributed by atoms with Crippen molar-refractivity contribution in [2.45, 2.75) is 31.5 Å². The second-order valence-electron chi connectivity index (χ2n) is 7.77. The maximum absolute atomic E-state index is 14.5. The summed E-state index contributed by atoms with van der Waals surface area (Å²) in [4.78, 5) is 3.27. The Kier molecular flexibility index (Phi) is 4.97. The van der Waals surface area contributed by atoms with Gasteiger partial charge in [0, 0.05) is 41.8 Å². The zero-order valence-corrected chi connectivity index (χ0v) is 16.4. The Morgan fingerprint density at radius 1 is 1.00 bits per heavy atom. The molecular formula is C25H22F2N2O. The SMILES string of the molecule is Fc1cc(F)c(OCc2ccccc2)c(C2CC2NCc2cccc3cc[nH]c23)c1. The third-order valence-electron chi connectivity index (χ3n) is 5.68. The van der Waals surface area contributed by atoms with E-state index in [1.165, 1.54) is 17.0 Å². The Balaban J connectivity index is 1.30. The molecule has 0 saturated heterocycles. The first-order valence-corrected chi connectivity index (χ1v) is 10.1. The molecular weight excluding hydrogens is 382 g/mol. The molecule has 0 spiro atoms. The van der Waals surface area contributed by atoms with Crippen LogP contribution in [0.25, 0.3) is 10.9 Å². The van der Waals surface area contributed by atoms with E-state index >= 15 is 0 Å². The molecule has 1 fully saturated rings. The van der Waals surface area contributed by atoms with E-state index in [1.807, 2.05) is 48.7 Å². The molecule has 0 aliphatic heterocycles. The van der Waals surface area contributed by atoms with Gasteiger partial charge in [-0.2, -0.15) is 0 Å². The van der Waals surface area contributed by atoms with E-state index in [1.54, 1.807) is 0 Å². The minimum absolute atomic E-state index is 0.0313. The molecule has 2 N–H and O–H groups in total. The van der Waals surface area contributed by atoms with Gasteiger partial charge in [0.15, 0.2) is 11.6 Å². The Hall–Kier alpha value is -3.18. The summed E-state index contributed by atoms with van der Waals surface area (Å²) in [6.07, 6.45) is 2.76. The lowest BCUT2D eigenvalue weighted by atomic mass is 10.1. The average molecular weight is 404 g/mol. The van der Waals surface area contributed by atoms with Crippen molar-refractivity contribution in [3.05, 3.63) is 101 Å². The first-order chi connectivity index (χ1) is 14.7. The number of ether oxygens (including phenoxy) is 1. The van der Waals surface area contributed by atoms with Crippen LogP contribution in [0.1, 0.15) is 29.0 Å². The fourth-order valence-corrected chi connectivity index (χ4v) is 4.04. The van der Waals surface area contributed by atoms with E-state index in [2.05, 4.69) is 22.4 Å². The molecule has 5 heteroatoms. The Morgan fingerprint density at radius 3 is 2.73 bits per heavy atom. The molecule has 3 aromatic carbocycles. The van der Waals surface area contributed by atoms with Crippen molar-refractivity contribution < 1.29 is 13.5 Å². The fraction of sp³-hybridized carbons (Fsp3) is 0.200. The van der Waals surface area contributed by atoms with Gasteiger partial charge < -0.3 is 15.0 Å². The van der Waals surface area contributed by atoms with Crippen LogP contribution in [0.3, 0.4) is 0 Å². The van der Waals surface area contributed by atoms with Gasteiger partial charge in [-0.15, -0.1) is 0 Å². The van der Waals surface area contributed by atoms with Crippen molar-refractivity contribution in [1.29, 1.82) is 0 Å². The highest BCUT2D eigenvalue weighted by molar-refractivity contribution is 5.82. The topological polar surface area (TPSA) is 37.0 Å². The molecule has 0 bridgehead atoms. The monoisotopic (exact) mass is 404 g/mol. The maximum Gasteiger partial charge on any atom is 0.168 e.